The predicted octanol–water partition coefficient (Wildman–Crippen LogP) is 6.96. The van der Waals surface area contributed by atoms with Gasteiger partial charge >= 0.3 is 0 Å². The van der Waals surface area contributed by atoms with E-state index in [-0.39, 0.29) is 11.7 Å². The fourth-order valence-corrected chi connectivity index (χ4v) is 4.40. The third-order valence-corrected chi connectivity index (χ3v) is 6.49. The summed E-state index contributed by atoms with van der Waals surface area (Å²) in [6.07, 6.45) is 5.16. The topological polar surface area (TPSA) is 99.3 Å². The number of rotatable bonds is 4. The third kappa shape index (κ3) is 4.30. The number of carbonyl (C=O) groups is 1. The first kappa shape index (κ1) is 23.5. The van der Waals surface area contributed by atoms with Crippen molar-refractivity contribution in [3.8, 4) is 33.8 Å². The number of nitrogens with zero attached hydrogens (tertiary/aromatic N) is 3. The zero-order valence-corrected chi connectivity index (χ0v) is 21.1. The number of amides is 1. The Bertz CT molecular complexity index is 1810. The number of aromatic nitrogens is 5. The van der Waals surface area contributed by atoms with Gasteiger partial charge < -0.3 is 10.3 Å². The molecule has 7 nitrogen and oxygen atoms in total. The Hall–Kier alpha value is -4.85. The van der Waals surface area contributed by atoms with Gasteiger partial charge in [-0.05, 0) is 60.2 Å². The van der Waals surface area contributed by atoms with Crippen LogP contribution in [0.15, 0.2) is 79.3 Å². The van der Waals surface area contributed by atoms with Gasteiger partial charge in [0.05, 0.1) is 28.8 Å². The van der Waals surface area contributed by atoms with E-state index in [0.29, 0.717) is 5.69 Å². The maximum atomic E-state index is 13.5. The fraction of sp³-hybridized carbons (Fsp3) is 0.133. The van der Waals surface area contributed by atoms with Crippen LogP contribution in [0.3, 0.4) is 0 Å². The number of carbonyl (C=O) groups excluding carboxylic acids is 1. The van der Waals surface area contributed by atoms with E-state index in [9.17, 15) is 9.18 Å². The largest absolute Gasteiger partial charge is 0.353 e. The highest BCUT2D eigenvalue weighted by atomic mass is 19.1. The highest BCUT2D eigenvalue weighted by Crippen LogP contribution is 2.34. The first-order valence-electron chi connectivity index (χ1n) is 12.3. The van der Waals surface area contributed by atoms with Crippen molar-refractivity contribution in [2.24, 2.45) is 5.41 Å². The number of aromatic amines is 2. The van der Waals surface area contributed by atoms with E-state index in [1.807, 2.05) is 51.1 Å². The van der Waals surface area contributed by atoms with E-state index >= 15 is 0 Å². The van der Waals surface area contributed by atoms with E-state index in [4.69, 9.17) is 0 Å². The highest BCUT2D eigenvalue weighted by Gasteiger charge is 2.21. The number of hydrogen-bond donors (Lipinski definition) is 3. The normalized spacial score (nSPS) is 11.8. The predicted molar refractivity (Wildman–Crippen MR) is 148 cm³/mol. The Balaban J connectivity index is 1.39. The average Bonchev–Trinajstić information content (AvgIpc) is 3.52. The third-order valence-electron chi connectivity index (χ3n) is 6.49. The minimum absolute atomic E-state index is 0.0719. The van der Waals surface area contributed by atoms with Crippen LogP contribution in [0.2, 0.25) is 0 Å². The number of benzene rings is 2. The van der Waals surface area contributed by atoms with Gasteiger partial charge in [-0.3, -0.25) is 19.9 Å². The summed E-state index contributed by atoms with van der Waals surface area (Å²) in [5, 5.41) is 12.5. The molecule has 0 spiro atoms. The number of pyridine rings is 2. The van der Waals surface area contributed by atoms with Gasteiger partial charge in [0.2, 0.25) is 5.91 Å². The lowest BCUT2D eigenvalue weighted by atomic mass is 9.95. The minimum atomic E-state index is -0.508. The second kappa shape index (κ2) is 8.92. The molecule has 0 unspecified atom stereocenters. The molecular formula is C30H25FN6O. The number of hydrogen-bond acceptors (Lipinski definition) is 4. The van der Waals surface area contributed by atoms with Gasteiger partial charge in [-0.25, -0.2) is 4.39 Å². The number of nitrogens with one attached hydrogen (secondary N) is 3. The van der Waals surface area contributed by atoms with Crippen molar-refractivity contribution >= 4 is 33.4 Å². The Morgan fingerprint density at radius 1 is 0.842 bits per heavy atom. The minimum Gasteiger partial charge on any atom is -0.353 e. The summed E-state index contributed by atoms with van der Waals surface area (Å²) >= 11 is 0. The van der Waals surface area contributed by atoms with Crippen LogP contribution >= 0.6 is 0 Å². The average molecular weight is 505 g/mol. The molecule has 0 atom stereocenters. The van der Waals surface area contributed by atoms with Crippen LogP contribution in [0, 0.1) is 11.2 Å². The van der Waals surface area contributed by atoms with Gasteiger partial charge in [-0.1, -0.05) is 26.8 Å². The van der Waals surface area contributed by atoms with Crippen molar-refractivity contribution < 1.29 is 9.18 Å². The van der Waals surface area contributed by atoms with E-state index in [2.05, 4.69) is 36.5 Å². The van der Waals surface area contributed by atoms with Gasteiger partial charge in [0.1, 0.15) is 11.5 Å². The molecule has 38 heavy (non-hydrogen) atoms. The number of halogens is 1. The molecule has 0 aliphatic carbocycles. The molecule has 0 aliphatic rings. The molecule has 0 saturated heterocycles. The summed E-state index contributed by atoms with van der Waals surface area (Å²) < 4.78 is 13.5. The molecule has 1 amide bonds. The van der Waals surface area contributed by atoms with Crippen molar-refractivity contribution in [3.63, 3.8) is 0 Å². The van der Waals surface area contributed by atoms with Gasteiger partial charge in [0, 0.05) is 45.2 Å². The molecule has 6 rings (SSSR count). The molecular weight excluding hydrogens is 479 g/mol. The summed E-state index contributed by atoms with van der Waals surface area (Å²) in [7, 11) is 0. The Labute approximate surface area is 218 Å². The van der Waals surface area contributed by atoms with Crippen molar-refractivity contribution in [2.45, 2.75) is 20.8 Å². The molecule has 4 heterocycles. The number of anilines is 1. The number of fused-ring (bicyclic) bond motifs is 2. The Morgan fingerprint density at radius 3 is 2.39 bits per heavy atom. The summed E-state index contributed by atoms with van der Waals surface area (Å²) in [5.41, 5.74) is 6.98. The molecule has 0 bridgehead atoms. The maximum absolute atomic E-state index is 13.5. The summed E-state index contributed by atoms with van der Waals surface area (Å²) in [6, 6.07) is 18.2. The van der Waals surface area contributed by atoms with E-state index in [1.54, 1.807) is 30.7 Å². The first-order chi connectivity index (χ1) is 18.3. The Kier molecular flexibility index (Phi) is 5.52. The fourth-order valence-electron chi connectivity index (χ4n) is 4.40. The molecule has 4 aromatic heterocycles. The smallest absolute Gasteiger partial charge is 0.229 e. The van der Waals surface area contributed by atoms with Crippen LogP contribution in [0.5, 0.6) is 0 Å². The van der Waals surface area contributed by atoms with E-state index < -0.39 is 5.41 Å². The zero-order chi connectivity index (χ0) is 26.4. The monoisotopic (exact) mass is 504 g/mol. The van der Waals surface area contributed by atoms with E-state index in [0.717, 1.165) is 55.6 Å². The van der Waals surface area contributed by atoms with E-state index in [1.165, 1.54) is 12.1 Å². The van der Waals surface area contributed by atoms with Gasteiger partial charge in [-0.2, -0.15) is 5.10 Å². The molecule has 0 aliphatic heterocycles. The van der Waals surface area contributed by atoms with Gasteiger partial charge in [0.15, 0.2) is 0 Å². The molecule has 0 fully saturated rings. The van der Waals surface area contributed by atoms with Crippen LogP contribution in [0.25, 0.3) is 55.6 Å². The highest BCUT2D eigenvalue weighted by molar-refractivity contribution is 6.01. The van der Waals surface area contributed by atoms with Crippen molar-refractivity contribution in [3.05, 3.63) is 85.1 Å². The molecule has 2 aromatic carbocycles. The first-order valence-corrected chi connectivity index (χ1v) is 12.3. The van der Waals surface area contributed by atoms with Crippen molar-refractivity contribution in [1.82, 2.24) is 25.1 Å². The number of H-pyrrole nitrogens is 2. The van der Waals surface area contributed by atoms with Crippen LogP contribution in [0.1, 0.15) is 20.8 Å². The second-order valence-electron chi connectivity index (χ2n) is 10.3. The molecule has 188 valence electrons. The van der Waals surface area contributed by atoms with Crippen molar-refractivity contribution in [1.29, 1.82) is 0 Å². The Morgan fingerprint density at radius 2 is 1.61 bits per heavy atom. The lowest BCUT2D eigenvalue weighted by molar-refractivity contribution is -0.123. The van der Waals surface area contributed by atoms with Gasteiger partial charge in [-0.15, -0.1) is 0 Å². The SMILES string of the molecule is CC(C)(C)C(=O)Nc1cncc(-c2ccc3[nH]nc(-c4cc5c(-c6ccc(F)cc6)nccc5[nH]4)c3c2)c1. The molecule has 0 saturated carbocycles. The molecule has 0 radical (unpaired) electrons. The zero-order valence-electron chi connectivity index (χ0n) is 21.1. The lowest BCUT2D eigenvalue weighted by Gasteiger charge is -2.17. The van der Waals surface area contributed by atoms with Crippen LogP contribution in [-0.2, 0) is 4.79 Å². The summed E-state index contributed by atoms with van der Waals surface area (Å²) in [4.78, 5) is 24.8. The molecule has 6 aromatic rings. The molecule has 3 N–H and O–H groups in total. The second-order valence-corrected chi connectivity index (χ2v) is 10.3. The molecule has 8 heteroatoms. The van der Waals surface area contributed by atoms with Gasteiger partial charge in [0.25, 0.3) is 0 Å². The van der Waals surface area contributed by atoms with Crippen LogP contribution in [-0.4, -0.2) is 31.1 Å². The lowest BCUT2D eigenvalue weighted by Crippen LogP contribution is -2.27. The quantitative estimate of drug-likeness (QED) is 0.242. The summed E-state index contributed by atoms with van der Waals surface area (Å²) in [6.45, 7) is 5.62. The van der Waals surface area contributed by atoms with Crippen molar-refractivity contribution in [2.75, 3.05) is 5.32 Å². The van der Waals surface area contributed by atoms with Crippen LogP contribution in [0.4, 0.5) is 10.1 Å². The van der Waals surface area contributed by atoms with Crippen LogP contribution < -0.4 is 5.32 Å². The maximum Gasteiger partial charge on any atom is 0.229 e. The standard InChI is InChI=1S/C30H25FN6O/c1-30(2,3)29(38)34-21-12-19(15-32-16-21)18-6-9-25-22(13-18)28(37-36-25)26-14-23-24(35-26)10-11-33-27(23)17-4-7-20(31)8-5-17/h4-16,35H,1-3H3,(H,34,38)(H,36,37). The summed E-state index contributed by atoms with van der Waals surface area (Å²) in [5.74, 6) is -0.357.